The molecule has 1 aliphatic rings. The minimum absolute atomic E-state index is 0.400. The molecule has 112 valence electrons. The van der Waals surface area contributed by atoms with Crippen LogP contribution in [0.25, 0.3) is 16.9 Å². The van der Waals surface area contributed by atoms with Crippen molar-refractivity contribution < 1.29 is 0 Å². The molecule has 0 saturated carbocycles. The van der Waals surface area contributed by atoms with Crippen molar-refractivity contribution >= 4 is 5.65 Å². The fourth-order valence-corrected chi connectivity index (χ4v) is 2.99. The topological polar surface area (TPSA) is 55.1 Å². The van der Waals surface area contributed by atoms with Crippen LogP contribution in [0, 0.1) is 13.8 Å². The molecule has 22 heavy (non-hydrogen) atoms. The Kier molecular flexibility index (Phi) is 3.15. The molecule has 0 unspecified atom stereocenters. The third-order valence-electron chi connectivity index (χ3n) is 4.52. The number of nitrogens with one attached hydrogen (secondary N) is 1. The summed E-state index contributed by atoms with van der Waals surface area (Å²) in [4.78, 5) is 0. The highest BCUT2D eigenvalue weighted by molar-refractivity contribution is 5.62. The molecule has 5 heteroatoms. The van der Waals surface area contributed by atoms with Gasteiger partial charge in [-0.15, -0.1) is 10.2 Å². The molecule has 0 aliphatic carbocycles. The number of benzene rings is 1. The summed E-state index contributed by atoms with van der Waals surface area (Å²) >= 11 is 0. The van der Waals surface area contributed by atoms with E-state index in [1.54, 1.807) is 0 Å². The first-order chi connectivity index (χ1) is 10.7. The average Bonchev–Trinajstić information content (AvgIpc) is 3.17. The molecule has 1 fully saturated rings. The van der Waals surface area contributed by atoms with E-state index in [4.69, 9.17) is 5.10 Å². The number of nitrogens with zero attached hydrogens (tertiary/aromatic N) is 4. The van der Waals surface area contributed by atoms with E-state index >= 15 is 0 Å². The molecule has 0 spiro atoms. The predicted octanol–water partition coefficient (Wildman–Crippen LogP) is 2.49. The van der Waals surface area contributed by atoms with Gasteiger partial charge in [-0.05, 0) is 56.1 Å². The van der Waals surface area contributed by atoms with Gasteiger partial charge in [-0.3, -0.25) is 0 Å². The van der Waals surface area contributed by atoms with Crippen LogP contribution in [0.15, 0.2) is 30.3 Å². The van der Waals surface area contributed by atoms with E-state index in [9.17, 15) is 0 Å². The van der Waals surface area contributed by atoms with Crippen molar-refractivity contribution in [2.24, 2.45) is 0 Å². The maximum atomic E-state index is 4.78. The van der Waals surface area contributed by atoms with Gasteiger partial charge in [0.05, 0.1) is 5.69 Å². The summed E-state index contributed by atoms with van der Waals surface area (Å²) in [6.45, 7) is 6.25. The van der Waals surface area contributed by atoms with Gasteiger partial charge in [0.1, 0.15) is 0 Å². The van der Waals surface area contributed by atoms with Gasteiger partial charge in [0, 0.05) is 18.0 Å². The standard InChI is InChI=1S/C17H19N5/c1-11-3-4-13(9-12(11)2)15-5-6-16-19-20-17(22(16)21-15)14-7-8-18-10-14/h3-6,9,14,18H,7-8,10H2,1-2H3/t14-/m0/s1. The monoisotopic (exact) mass is 293 g/mol. The van der Waals surface area contributed by atoms with Gasteiger partial charge < -0.3 is 5.32 Å². The second kappa shape index (κ2) is 5.18. The lowest BCUT2D eigenvalue weighted by Gasteiger charge is -2.08. The van der Waals surface area contributed by atoms with E-state index in [1.807, 2.05) is 16.6 Å². The zero-order valence-electron chi connectivity index (χ0n) is 12.9. The van der Waals surface area contributed by atoms with Crippen molar-refractivity contribution in [3.63, 3.8) is 0 Å². The minimum atomic E-state index is 0.400. The van der Waals surface area contributed by atoms with Crippen LogP contribution in [-0.2, 0) is 0 Å². The smallest absolute Gasteiger partial charge is 0.177 e. The lowest BCUT2D eigenvalue weighted by atomic mass is 10.0. The van der Waals surface area contributed by atoms with Crippen molar-refractivity contribution in [1.29, 1.82) is 0 Å². The molecule has 0 radical (unpaired) electrons. The van der Waals surface area contributed by atoms with Crippen LogP contribution in [0.1, 0.15) is 29.3 Å². The van der Waals surface area contributed by atoms with Crippen LogP contribution < -0.4 is 5.32 Å². The average molecular weight is 293 g/mol. The molecular weight excluding hydrogens is 274 g/mol. The number of hydrogen-bond acceptors (Lipinski definition) is 4. The number of aryl methyl sites for hydroxylation is 2. The van der Waals surface area contributed by atoms with E-state index in [2.05, 4.69) is 47.6 Å². The first-order valence-corrected chi connectivity index (χ1v) is 7.73. The van der Waals surface area contributed by atoms with Gasteiger partial charge in [0.2, 0.25) is 0 Å². The zero-order valence-corrected chi connectivity index (χ0v) is 12.9. The van der Waals surface area contributed by atoms with Gasteiger partial charge in [-0.1, -0.05) is 12.1 Å². The zero-order chi connectivity index (χ0) is 15.1. The Hall–Kier alpha value is -2.27. The second-order valence-electron chi connectivity index (χ2n) is 6.04. The number of hydrogen-bond donors (Lipinski definition) is 1. The molecule has 1 aromatic carbocycles. The Morgan fingerprint density at radius 3 is 2.77 bits per heavy atom. The van der Waals surface area contributed by atoms with Crippen molar-refractivity contribution in [3.8, 4) is 11.3 Å². The van der Waals surface area contributed by atoms with Crippen molar-refractivity contribution in [2.45, 2.75) is 26.2 Å². The maximum absolute atomic E-state index is 4.78. The first kappa shape index (κ1) is 13.4. The molecule has 0 amide bonds. The van der Waals surface area contributed by atoms with Crippen LogP contribution in [-0.4, -0.2) is 32.9 Å². The SMILES string of the molecule is Cc1ccc(-c2ccc3nnc([C@H]4CCNC4)n3n2)cc1C. The molecule has 1 saturated heterocycles. The summed E-state index contributed by atoms with van der Waals surface area (Å²) < 4.78 is 1.90. The predicted molar refractivity (Wildman–Crippen MR) is 85.9 cm³/mol. The number of aromatic nitrogens is 4. The van der Waals surface area contributed by atoms with E-state index in [0.717, 1.165) is 42.2 Å². The molecule has 2 aromatic heterocycles. The summed E-state index contributed by atoms with van der Waals surface area (Å²) in [5, 5.41) is 16.8. The fourth-order valence-electron chi connectivity index (χ4n) is 2.99. The fraction of sp³-hybridized carbons (Fsp3) is 0.353. The van der Waals surface area contributed by atoms with Crippen LogP contribution in [0.5, 0.6) is 0 Å². The molecule has 0 bridgehead atoms. The number of rotatable bonds is 2. The van der Waals surface area contributed by atoms with Crippen molar-refractivity contribution in [1.82, 2.24) is 25.1 Å². The Balaban J connectivity index is 1.81. The van der Waals surface area contributed by atoms with E-state index in [0.29, 0.717) is 5.92 Å². The highest BCUT2D eigenvalue weighted by Gasteiger charge is 2.22. The van der Waals surface area contributed by atoms with E-state index in [-0.39, 0.29) is 0 Å². The van der Waals surface area contributed by atoms with E-state index < -0.39 is 0 Å². The quantitative estimate of drug-likeness (QED) is 0.788. The van der Waals surface area contributed by atoms with Crippen molar-refractivity contribution in [2.75, 3.05) is 13.1 Å². The minimum Gasteiger partial charge on any atom is -0.316 e. The maximum Gasteiger partial charge on any atom is 0.177 e. The van der Waals surface area contributed by atoms with Crippen LogP contribution in [0.3, 0.4) is 0 Å². The summed E-state index contributed by atoms with van der Waals surface area (Å²) in [5.74, 6) is 1.36. The summed E-state index contributed by atoms with van der Waals surface area (Å²) in [7, 11) is 0. The third kappa shape index (κ3) is 2.18. The molecule has 4 rings (SSSR count). The second-order valence-corrected chi connectivity index (χ2v) is 6.04. The van der Waals surface area contributed by atoms with Gasteiger partial charge in [-0.2, -0.15) is 9.61 Å². The van der Waals surface area contributed by atoms with Crippen LogP contribution >= 0.6 is 0 Å². The highest BCUT2D eigenvalue weighted by atomic mass is 15.4. The Morgan fingerprint density at radius 1 is 1.09 bits per heavy atom. The Morgan fingerprint density at radius 2 is 2.00 bits per heavy atom. The van der Waals surface area contributed by atoms with Gasteiger partial charge in [0.15, 0.2) is 11.5 Å². The molecule has 3 aromatic rings. The largest absolute Gasteiger partial charge is 0.316 e. The lowest BCUT2D eigenvalue weighted by Crippen LogP contribution is -2.11. The first-order valence-electron chi connectivity index (χ1n) is 7.73. The Labute approximate surface area is 129 Å². The molecule has 3 heterocycles. The summed E-state index contributed by atoms with van der Waals surface area (Å²) in [5.41, 5.74) is 5.49. The van der Waals surface area contributed by atoms with Crippen LogP contribution in [0.2, 0.25) is 0 Å². The van der Waals surface area contributed by atoms with Gasteiger partial charge in [0.25, 0.3) is 0 Å². The normalized spacial score (nSPS) is 18.2. The van der Waals surface area contributed by atoms with Crippen LogP contribution in [0.4, 0.5) is 0 Å². The number of fused-ring (bicyclic) bond motifs is 1. The summed E-state index contributed by atoms with van der Waals surface area (Å²) in [6.07, 6.45) is 1.09. The Bertz CT molecular complexity index is 830. The molecule has 5 nitrogen and oxygen atoms in total. The molecule has 1 N–H and O–H groups in total. The molecular formula is C17H19N5. The van der Waals surface area contributed by atoms with Gasteiger partial charge >= 0.3 is 0 Å². The molecule has 1 aliphatic heterocycles. The van der Waals surface area contributed by atoms with Crippen molar-refractivity contribution in [3.05, 3.63) is 47.3 Å². The van der Waals surface area contributed by atoms with Gasteiger partial charge in [-0.25, -0.2) is 0 Å². The highest BCUT2D eigenvalue weighted by Crippen LogP contribution is 2.24. The summed E-state index contributed by atoms with van der Waals surface area (Å²) in [6, 6.07) is 10.5. The lowest BCUT2D eigenvalue weighted by molar-refractivity contribution is 0.668. The third-order valence-corrected chi connectivity index (χ3v) is 4.52. The van der Waals surface area contributed by atoms with E-state index in [1.165, 1.54) is 11.1 Å². The molecule has 1 atom stereocenters.